The van der Waals surface area contributed by atoms with Gasteiger partial charge in [-0.3, -0.25) is 24.1 Å². The molecule has 31 heavy (non-hydrogen) atoms. The first-order valence-corrected chi connectivity index (χ1v) is 10.6. The van der Waals surface area contributed by atoms with Gasteiger partial charge in [-0.2, -0.15) is 0 Å². The average molecular weight is 440 g/mol. The molecule has 1 unspecified atom stereocenters. The van der Waals surface area contributed by atoms with Gasteiger partial charge in [0.15, 0.2) is 0 Å². The Labute approximate surface area is 185 Å². The van der Waals surface area contributed by atoms with E-state index in [2.05, 4.69) is 0 Å². The molecule has 1 atom stereocenters. The van der Waals surface area contributed by atoms with Gasteiger partial charge in [-0.05, 0) is 37.6 Å². The van der Waals surface area contributed by atoms with Crippen LogP contribution >= 0.6 is 11.6 Å². The van der Waals surface area contributed by atoms with E-state index in [0.717, 1.165) is 4.90 Å². The summed E-state index contributed by atoms with van der Waals surface area (Å²) in [5, 5.41) is 0.393. The Morgan fingerprint density at radius 1 is 0.839 bits per heavy atom. The fourth-order valence-corrected chi connectivity index (χ4v) is 4.30. The highest BCUT2D eigenvalue weighted by molar-refractivity contribution is 6.33. The molecule has 1 saturated heterocycles. The summed E-state index contributed by atoms with van der Waals surface area (Å²) in [6, 6.07) is 12.5. The molecule has 2 aromatic carbocycles. The number of carbonyl (C=O) groups is 4. The number of hydrogen-bond donors (Lipinski definition) is 0. The molecule has 1 fully saturated rings. The van der Waals surface area contributed by atoms with Crippen molar-refractivity contribution in [3.63, 3.8) is 0 Å². The Bertz CT molecular complexity index is 1040. The Morgan fingerprint density at radius 3 is 2.03 bits per heavy atom. The number of carbonyl (C=O) groups excluding carboxylic acids is 4. The molecule has 0 N–H and O–H groups in total. The van der Waals surface area contributed by atoms with Gasteiger partial charge < -0.3 is 9.80 Å². The molecule has 4 rings (SSSR count). The molecule has 0 aliphatic carbocycles. The maximum atomic E-state index is 13.1. The van der Waals surface area contributed by atoms with Gasteiger partial charge in [0.25, 0.3) is 17.7 Å². The summed E-state index contributed by atoms with van der Waals surface area (Å²) in [4.78, 5) is 55.7. The van der Waals surface area contributed by atoms with Gasteiger partial charge in [-0.25, -0.2) is 0 Å². The normalized spacial score (nSPS) is 17.4. The number of nitrogens with zero attached hydrogens (tertiary/aromatic N) is 3. The standard InChI is InChI=1S/C23H22ClN3O4/c1-15(27-22(30)16-7-2-3-8-17(16)23(27)31)20(28)25-11-6-12-26(14-13-25)21(29)18-9-4-5-10-19(18)24/h2-5,7-10,15H,6,11-14H2,1H3. The van der Waals surface area contributed by atoms with Crippen LogP contribution < -0.4 is 0 Å². The van der Waals surface area contributed by atoms with Crippen molar-refractivity contribution >= 4 is 35.2 Å². The number of benzene rings is 2. The van der Waals surface area contributed by atoms with Gasteiger partial charge >= 0.3 is 0 Å². The van der Waals surface area contributed by atoms with E-state index in [1.165, 1.54) is 0 Å². The summed E-state index contributed by atoms with van der Waals surface area (Å²) in [6.45, 7) is 3.18. The lowest BCUT2D eigenvalue weighted by molar-refractivity contribution is -0.134. The van der Waals surface area contributed by atoms with Crippen LogP contribution in [0.3, 0.4) is 0 Å². The third kappa shape index (κ3) is 3.81. The molecule has 2 heterocycles. The third-order valence-electron chi connectivity index (χ3n) is 5.77. The molecule has 2 aliphatic heterocycles. The van der Waals surface area contributed by atoms with E-state index in [1.54, 1.807) is 65.3 Å². The highest BCUT2D eigenvalue weighted by Gasteiger charge is 2.42. The van der Waals surface area contributed by atoms with Crippen LogP contribution in [0, 0.1) is 0 Å². The first-order valence-electron chi connectivity index (χ1n) is 10.2. The SMILES string of the molecule is CC(C(=O)N1CCCN(C(=O)c2ccccc2Cl)CC1)N1C(=O)c2ccccc2C1=O. The van der Waals surface area contributed by atoms with Gasteiger partial charge in [0.05, 0.1) is 21.7 Å². The quantitative estimate of drug-likeness (QED) is 0.689. The number of imide groups is 1. The fourth-order valence-electron chi connectivity index (χ4n) is 4.08. The largest absolute Gasteiger partial charge is 0.339 e. The number of halogens is 1. The van der Waals surface area contributed by atoms with Crippen molar-refractivity contribution < 1.29 is 19.2 Å². The highest BCUT2D eigenvalue weighted by atomic mass is 35.5. The number of hydrogen-bond acceptors (Lipinski definition) is 4. The summed E-state index contributed by atoms with van der Waals surface area (Å²) >= 11 is 6.16. The highest BCUT2D eigenvalue weighted by Crippen LogP contribution is 2.25. The molecule has 160 valence electrons. The van der Waals surface area contributed by atoms with Gasteiger partial charge in [0.2, 0.25) is 5.91 Å². The van der Waals surface area contributed by atoms with Crippen molar-refractivity contribution in [1.82, 2.24) is 14.7 Å². The Kier molecular flexibility index (Phi) is 5.78. The van der Waals surface area contributed by atoms with Crippen LogP contribution in [-0.2, 0) is 4.79 Å². The van der Waals surface area contributed by atoms with Gasteiger partial charge in [0.1, 0.15) is 6.04 Å². The zero-order chi connectivity index (χ0) is 22.1. The lowest BCUT2D eigenvalue weighted by atomic mass is 10.1. The lowest BCUT2D eigenvalue weighted by Gasteiger charge is -2.28. The van der Waals surface area contributed by atoms with E-state index in [-0.39, 0.29) is 11.8 Å². The van der Waals surface area contributed by atoms with Crippen molar-refractivity contribution in [3.05, 3.63) is 70.2 Å². The molecule has 2 aromatic rings. The predicted octanol–water partition coefficient (Wildman–Crippen LogP) is 2.70. The predicted molar refractivity (Wildman–Crippen MR) is 115 cm³/mol. The minimum absolute atomic E-state index is 0.173. The summed E-state index contributed by atoms with van der Waals surface area (Å²) in [7, 11) is 0. The van der Waals surface area contributed by atoms with Gasteiger partial charge in [0, 0.05) is 26.2 Å². The zero-order valence-corrected chi connectivity index (χ0v) is 17.8. The third-order valence-corrected chi connectivity index (χ3v) is 6.10. The molecule has 0 saturated carbocycles. The van der Waals surface area contributed by atoms with Crippen molar-refractivity contribution in [3.8, 4) is 0 Å². The average Bonchev–Trinajstić information content (AvgIpc) is 2.93. The minimum atomic E-state index is -0.918. The summed E-state index contributed by atoms with van der Waals surface area (Å²) in [5.41, 5.74) is 1.07. The molecule has 0 aromatic heterocycles. The van der Waals surface area contributed by atoms with E-state index in [9.17, 15) is 19.2 Å². The lowest BCUT2D eigenvalue weighted by Crippen LogP contribution is -2.50. The number of fused-ring (bicyclic) bond motifs is 1. The molecule has 2 aliphatic rings. The molecule has 0 bridgehead atoms. The van der Waals surface area contributed by atoms with E-state index in [0.29, 0.717) is 54.3 Å². The minimum Gasteiger partial charge on any atom is -0.339 e. The van der Waals surface area contributed by atoms with Gasteiger partial charge in [-0.1, -0.05) is 35.9 Å². The molecular weight excluding hydrogens is 418 g/mol. The monoisotopic (exact) mass is 439 g/mol. The van der Waals surface area contributed by atoms with E-state index in [4.69, 9.17) is 11.6 Å². The van der Waals surface area contributed by atoms with Crippen LogP contribution in [0.2, 0.25) is 5.02 Å². The summed E-state index contributed by atoms with van der Waals surface area (Å²) < 4.78 is 0. The molecular formula is C23H22ClN3O4. The maximum absolute atomic E-state index is 13.1. The van der Waals surface area contributed by atoms with Crippen molar-refractivity contribution in [2.45, 2.75) is 19.4 Å². The second-order valence-corrected chi connectivity index (χ2v) is 8.06. The second kappa shape index (κ2) is 8.51. The van der Waals surface area contributed by atoms with Crippen molar-refractivity contribution in [1.29, 1.82) is 0 Å². The molecule has 8 heteroatoms. The van der Waals surface area contributed by atoms with E-state index < -0.39 is 17.9 Å². The molecule has 4 amide bonds. The summed E-state index contributed by atoms with van der Waals surface area (Å²) in [5.74, 6) is -1.38. The van der Waals surface area contributed by atoms with E-state index in [1.807, 2.05) is 0 Å². The number of rotatable bonds is 3. The van der Waals surface area contributed by atoms with Crippen LogP contribution in [0.5, 0.6) is 0 Å². The first kappa shape index (κ1) is 21.1. The fraction of sp³-hybridized carbons (Fsp3) is 0.304. The Balaban J connectivity index is 1.44. The smallest absolute Gasteiger partial charge is 0.262 e. The molecule has 0 radical (unpaired) electrons. The number of amides is 4. The van der Waals surface area contributed by atoms with Crippen LogP contribution in [0.1, 0.15) is 44.4 Å². The zero-order valence-electron chi connectivity index (χ0n) is 17.1. The topological polar surface area (TPSA) is 78.0 Å². The van der Waals surface area contributed by atoms with Crippen LogP contribution in [0.25, 0.3) is 0 Å². The maximum Gasteiger partial charge on any atom is 0.262 e. The summed E-state index contributed by atoms with van der Waals surface area (Å²) in [6.07, 6.45) is 0.594. The van der Waals surface area contributed by atoms with Crippen LogP contribution in [0.4, 0.5) is 0 Å². The molecule has 0 spiro atoms. The first-order chi connectivity index (χ1) is 14.9. The van der Waals surface area contributed by atoms with Gasteiger partial charge in [-0.15, -0.1) is 0 Å². The Hall–Kier alpha value is -3.19. The van der Waals surface area contributed by atoms with E-state index >= 15 is 0 Å². The van der Waals surface area contributed by atoms with Crippen LogP contribution in [-0.4, -0.2) is 70.5 Å². The van der Waals surface area contributed by atoms with Crippen molar-refractivity contribution in [2.24, 2.45) is 0 Å². The molecule has 7 nitrogen and oxygen atoms in total. The Morgan fingerprint density at radius 2 is 1.39 bits per heavy atom. The van der Waals surface area contributed by atoms with Crippen LogP contribution in [0.15, 0.2) is 48.5 Å². The van der Waals surface area contributed by atoms with Crippen molar-refractivity contribution in [2.75, 3.05) is 26.2 Å². The second-order valence-electron chi connectivity index (χ2n) is 7.65.